The summed E-state index contributed by atoms with van der Waals surface area (Å²) >= 11 is 1.38. The standard InChI is InChI=1S/C16H20N4O6S2/c1-10(18-16(22)26-2)15(21)19-13(14-8-27-9-17-14)7-11-3-5-12(6-4-11)20-28(23,24)25/h3-6,8-10,13,20H,7H2,1-2H3,(H,18,22)(H,19,21)(H,23,24,25)/t10?,13-/m0/s1. The van der Waals surface area contributed by atoms with Crippen molar-refractivity contribution in [1.82, 2.24) is 15.6 Å². The van der Waals surface area contributed by atoms with Gasteiger partial charge >= 0.3 is 16.4 Å². The van der Waals surface area contributed by atoms with Crippen molar-refractivity contribution in [2.45, 2.75) is 25.4 Å². The average molecular weight is 428 g/mol. The first-order chi connectivity index (χ1) is 13.2. The summed E-state index contributed by atoms with van der Waals surface area (Å²) in [7, 11) is -3.14. The lowest BCUT2D eigenvalue weighted by Crippen LogP contribution is -2.46. The van der Waals surface area contributed by atoms with Gasteiger partial charge in [0.15, 0.2) is 0 Å². The van der Waals surface area contributed by atoms with Crippen LogP contribution >= 0.6 is 11.3 Å². The number of hydrogen-bond donors (Lipinski definition) is 4. The van der Waals surface area contributed by atoms with Gasteiger partial charge in [0, 0.05) is 5.38 Å². The number of hydrogen-bond acceptors (Lipinski definition) is 7. The third-order valence-electron chi connectivity index (χ3n) is 3.68. The fraction of sp³-hybridized carbons (Fsp3) is 0.312. The van der Waals surface area contributed by atoms with E-state index in [1.54, 1.807) is 23.0 Å². The number of rotatable bonds is 8. The first kappa shape index (κ1) is 21.6. The van der Waals surface area contributed by atoms with Crippen LogP contribution in [0.2, 0.25) is 0 Å². The van der Waals surface area contributed by atoms with Crippen LogP contribution in [0.4, 0.5) is 10.5 Å². The van der Waals surface area contributed by atoms with Gasteiger partial charge in [0.05, 0.1) is 30.0 Å². The summed E-state index contributed by atoms with van der Waals surface area (Å²) in [5.74, 6) is -0.409. The summed E-state index contributed by atoms with van der Waals surface area (Å²) in [6, 6.07) is 5.04. The van der Waals surface area contributed by atoms with Gasteiger partial charge in [-0.1, -0.05) is 12.1 Å². The van der Waals surface area contributed by atoms with Gasteiger partial charge in [0.1, 0.15) is 6.04 Å². The maximum absolute atomic E-state index is 12.4. The van der Waals surface area contributed by atoms with Crippen LogP contribution in [0.5, 0.6) is 0 Å². The van der Waals surface area contributed by atoms with E-state index in [1.165, 1.54) is 37.5 Å². The highest BCUT2D eigenvalue weighted by atomic mass is 32.2. The van der Waals surface area contributed by atoms with Crippen molar-refractivity contribution in [3.05, 3.63) is 46.4 Å². The van der Waals surface area contributed by atoms with E-state index < -0.39 is 34.4 Å². The number of benzene rings is 1. The Labute approximate surface area is 166 Å². The third-order valence-corrected chi connectivity index (χ3v) is 4.78. The molecule has 0 saturated heterocycles. The van der Waals surface area contributed by atoms with Gasteiger partial charge < -0.3 is 15.4 Å². The molecule has 0 aliphatic rings. The molecule has 12 heteroatoms. The van der Waals surface area contributed by atoms with Gasteiger partial charge in [-0.3, -0.25) is 14.1 Å². The summed E-state index contributed by atoms with van der Waals surface area (Å²) in [4.78, 5) is 27.9. The number of amides is 2. The topological polar surface area (TPSA) is 147 Å². The largest absolute Gasteiger partial charge is 0.453 e. The predicted octanol–water partition coefficient (Wildman–Crippen LogP) is 1.50. The first-order valence-corrected chi connectivity index (χ1v) is 10.4. The molecule has 2 atom stereocenters. The Morgan fingerprint density at radius 2 is 1.93 bits per heavy atom. The molecule has 0 aliphatic heterocycles. The van der Waals surface area contributed by atoms with E-state index in [-0.39, 0.29) is 5.69 Å². The smallest absolute Gasteiger partial charge is 0.407 e. The molecule has 28 heavy (non-hydrogen) atoms. The Morgan fingerprint density at radius 3 is 2.46 bits per heavy atom. The quantitative estimate of drug-likeness (QED) is 0.466. The summed E-state index contributed by atoms with van der Waals surface area (Å²) in [6.07, 6.45) is -0.332. The number of nitrogens with zero attached hydrogens (tertiary/aromatic N) is 1. The Hall–Kier alpha value is -2.70. The number of methoxy groups -OCH3 is 1. The van der Waals surface area contributed by atoms with E-state index in [2.05, 4.69) is 20.4 Å². The molecule has 4 N–H and O–H groups in total. The van der Waals surface area contributed by atoms with Crippen molar-refractivity contribution in [2.75, 3.05) is 11.8 Å². The second kappa shape index (κ2) is 9.48. The number of aromatic nitrogens is 1. The van der Waals surface area contributed by atoms with Crippen molar-refractivity contribution in [3.8, 4) is 0 Å². The van der Waals surface area contributed by atoms with Crippen LogP contribution in [-0.4, -0.2) is 43.1 Å². The van der Waals surface area contributed by atoms with Gasteiger partial charge in [-0.2, -0.15) is 8.42 Å². The molecule has 1 aromatic heterocycles. The zero-order valence-electron chi connectivity index (χ0n) is 15.1. The number of alkyl carbamates (subject to hydrolysis) is 1. The van der Waals surface area contributed by atoms with E-state index >= 15 is 0 Å². The van der Waals surface area contributed by atoms with Crippen LogP contribution < -0.4 is 15.4 Å². The Balaban J connectivity index is 2.10. The van der Waals surface area contributed by atoms with Crippen molar-refractivity contribution in [1.29, 1.82) is 0 Å². The molecule has 0 aliphatic carbocycles. The minimum Gasteiger partial charge on any atom is -0.453 e. The van der Waals surface area contributed by atoms with Crippen LogP contribution in [-0.2, 0) is 26.3 Å². The lowest BCUT2D eigenvalue weighted by Gasteiger charge is -2.20. The van der Waals surface area contributed by atoms with E-state index in [0.717, 1.165) is 5.56 Å². The molecular formula is C16H20N4O6S2. The van der Waals surface area contributed by atoms with Crippen LogP contribution in [0.1, 0.15) is 24.2 Å². The molecule has 10 nitrogen and oxygen atoms in total. The van der Waals surface area contributed by atoms with Gasteiger partial charge in [-0.05, 0) is 31.0 Å². The second-order valence-corrected chi connectivity index (χ2v) is 7.68. The molecule has 0 saturated carbocycles. The van der Waals surface area contributed by atoms with Crippen LogP contribution in [0, 0.1) is 0 Å². The van der Waals surface area contributed by atoms with Gasteiger partial charge in [0.2, 0.25) is 5.91 Å². The van der Waals surface area contributed by atoms with Crippen LogP contribution in [0.25, 0.3) is 0 Å². The molecule has 1 heterocycles. The lowest BCUT2D eigenvalue weighted by atomic mass is 10.0. The van der Waals surface area contributed by atoms with Crippen LogP contribution in [0.3, 0.4) is 0 Å². The molecule has 1 unspecified atom stereocenters. The average Bonchev–Trinajstić information content (AvgIpc) is 3.15. The third kappa shape index (κ3) is 6.79. The van der Waals surface area contributed by atoms with Gasteiger partial charge in [-0.15, -0.1) is 11.3 Å². The van der Waals surface area contributed by atoms with Crippen molar-refractivity contribution in [3.63, 3.8) is 0 Å². The first-order valence-electron chi connectivity index (χ1n) is 8.05. The molecule has 0 bridgehead atoms. The van der Waals surface area contributed by atoms with Gasteiger partial charge in [0.25, 0.3) is 0 Å². The molecular weight excluding hydrogens is 408 g/mol. The number of nitrogens with one attached hydrogen (secondary N) is 3. The molecule has 152 valence electrons. The number of carbonyl (C=O) groups excluding carboxylic acids is 2. The number of ether oxygens (including phenoxy) is 1. The van der Waals surface area contributed by atoms with E-state index in [9.17, 15) is 18.0 Å². The predicted molar refractivity (Wildman–Crippen MR) is 103 cm³/mol. The summed E-state index contributed by atoms with van der Waals surface area (Å²) in [5.41, 5.74) is 3.30. The minimum atomic E-state index is -4.35. The molecule has 0 spiro atoms. The van der Waals surface area contributed by atoms with E-state index in [0.29, 0.717) is 12.1 Å². The lowest BCUT2D eigenvalue weighted by molar-refractivity contribution is -0.123. The Bertz CT molecular complexity index is 900. The fourth-order valence-corrected chi connectivity index (χ4v) is 3.36. The highest BCUT2D eigenvalue weighted by molar-refractivity contribution is 7.87. The van der Waals surface area contributed by atoms with Crippen LogP contribution in [0.15, 0.2) is 35.2 Å². The fourth-order valence-electron chi connectivity index (χ4n) is 2.31. The zero-order valence-corrected chi connectivity index (χ0v) is 16.7. The number of anilines is 1. The SMILES string of the molecule is COC(=O)NC(C)C(=O)N[C@@H](Cc1ccc(NS(=O)(=O)O)cc1)c1cscn1. The van der Waals surface area contributed by atoms with Gasteiger partial charge in [-0.25, -0.2) is 9.78 Å². The minimum absolute atomic E-state index is 0.205. The molecule has 2 rings (SSSR count). The second-order valence-electron chi connectivity index (χ2n) is 5.81. The summed E-state index contributed by atoms with van der Waals surface area (Å²) < 4.78 is 37.0. The normalized spacial score (nSPS) is 13.2. The zero-order chi connectivity index (χ0) is 20.7. The molecule has 0 radical (unpaired) electrons. The Morgan fingerprint density at radius 1 is 1.25 bits per heavy atom. The summed E-state index contributed by atoms with van der Waals surface area (Å²) in [5, 5.41) is 7.03. The monoisotopic (exact) mass is 428 g/mol. The molecule has 0 fully saturated rings. The molecule has 2 aromatic rings. The van der Waals surface area contributed by atoms with Crippen molar-refractivity contribution in [2.24, 2.45) is 0 Å². The molecule has 2 amide bonds. The maximum atomic E-state index is 12.4. The highest BCUT2D eigenvalue weighted by Crippen LogP contribution is 2.20. The summed E-state index contributed by atoms with van der Waals surface area (Å²) in [6.45, 7) is 1.53. The number of thiazole rings is 1. The van der Waals surface area contributed by atoms with Crippen molar-refractivity contribution >= 4 is 39.3 Å². The highest BCUT2D eigenvalue weighted by Gasteiger charge is 2.22. The van der Waals surface area contributed by atoms with E-state index in [4.69, 9.17) is 4.55 Å². The Kier molecular flexibility index (Phi) is 7.31. The maximum Gasteiger partial charge on any atom is 0.407 e. The van der Waals surface area contributed by atoms with Crippen molar-refractivity contribution < 1.29 is 27.3 Å². The molecule has 1 aromatic carbocycles. The van der Waals surface area contributed by atoms with E-state index in [1.807, 2.05) is 4.72 Å². The number of carbonyl (C=O) groups is 2.